The summed E-state index contributed by atoms with van der Waals surface area (Å²) in [6, 6.07) is 17.3. The van der Waals surface area contributed by atoms with Crippen LogP contribution in [0.3, 0.4) is 0 Å². The van der Waals surface area contributed by atoms with Crippen LogP contribution in [0.4, 0.5) is 0 Å². The summed E-state index contributed by atoms with van der Waals surface area (Å²) in [5.74, 6) is 1.25. The smallest absolute Gasteiger partial charge is 0.290 e. The minimum Gasteiger partial charge on any atom is -0.489 e. The zero-order chi connectivity index (χ0) is 22.6. The van der Waals surface area contributed by atoms with E-state index in [0.717, 1.165) is 42.6 Å². The predicted molar refractivity (Wildman–Crippen MR) is 126 cm³/mol. The molecule has 0 N–H and O–H groups in total. The lowest BCUT2D eigenvalue weighted by molar-refractivity contribution is -0.137. The van der Waals surface area contributed by atoms with Crippen molar-refractivity contribution in [1.29, 1.82) is 0 Å². The second-order valence-electron chi connectivity index (χ2n) is 8.96. The number of furan rings is 1. The number of ether oxygens (including phenoxy) is 1. The van der Waals surface area contributed by atoms with Gasteiger partial charge >= 0.3 is 0 Å². The molecule has 6 nitrogen and oxygen atoms in total. The number of carbonyl (C=O) groups excluding carboxylic acids is 2. The Morgan fingerprint density at radius 1 is 0.848 bits per heavy atom. The maximum atomic E-state index is 13.5. The SMILES string of the molecule is O=C(c1oc2ccccc2c1COc1ccccc1)N1CCC(C(=O)N2CCCCC2)CC1. The monoisotopic (exact) mass is 446 g/mol. The number of benzene rings is 2. The maximum Gasteiger partial charge on any atom is 0.290 e. The topological polar surface area (TPSA) is 63.0 Å². The standard InChI is InChI=1S/C27H30N2O4/c30-26(28-15-7-2-8-16-28)20-13-17-29(18-14-20)27(31)25-23(19-32-21-9-3-1-4-10-21)22-11-5-6-12-24(22)33-25/h1,3-6,9-12,20H,2,7-8,13-19H2. The minimum atomic E-state index is -0.123. The zero-order valence-corrected chi connectivity index (χ0v) is 18.9. The van der Waals surface area contributed by atoms with Crippen LogP contribution in [0, 0.1) is 5.92 Å². The molecule has 1 aromatic heterocycles. The van der Waals surface area contributed by atoms with E-state index < -0.39 is 0 Å². The van der Waals surface area contributed by atoms with E-state index in [1.54, 1.807) is 0 Å². The third-order valence-electron chi connectivity index (χ3n) is 6.82. The van der Waals surface area contributed by atoms with Crippen molar-refractivity contribution >= 4 is 22.8 Å². The number of carbonyl (C=O) groups is 2. The summed E-state index contributed by atoms with van der Waals surface area (Å²) in [6.45, 7) is 3.15. The second kappa shape index (κ2) is 9.69. The van der Waals surface area contributed by atoms with Gasteiger partial charge in [0, 0.05) is 43.0 Å². The quantitative estimate of drug-likeness (QED) is 0.561. The highest BCUT2D eigenvalue weighted by molar-refractivity contribution is 5.99. The van der Waals surface area contributed by atoms with E-state index in [2.05, 4.69) is 0 Å². The van der Waals surface area contributed by atoms with Crippen LogP contribution in [0.2, 0.25) is 0 Å². The van der Waals surface area contributed by atoms with E-state index in [-0.39, 0.29) is 24.3 Å². The van der Waals surface area contributed by atoms with Gasteiger partial charge in [-0.15, -0.1) is 0 Å². The van der Waals surface area contributed by atoms with Crippen LogP contribution in [0.5, 0.6) is 5.75 Å². The number of likely N-dealkylation sites (tertiary alicyclic amines) is 2. The molecule has 2 saturated heterocycles. The first-order valence-electron chi connectivity index (χ1n) is 12.0. The van der Waals surface area contributed by atoms with E-state index >= 15 is 0 Å². The number of piperidine rings is 2. The molecular formula is C27H30N2O4. The molecule has 0 radical (unpaired) electrons. The van der Waals surface area contributed by atoms with Gasteiger partial charge in [-0.3, -0.25) is 9.59 Å². The zero-order valence-electron chi connectivity index (χ0n) is 18.9. The molecule has 0 bridgehead atoms. The van der Waals surface area contributed by atoms with Crippen molar-refractivity contribution in [1.82, 2.24) is 9.80 Å². The van der Waals surface area contributed by atoms with Crippen LogP contribution in [-0.4, -0.2) is 47.8 Å². The van der Waals surface area contributed by atoms with Gasteiger partial charge in [0.1, 0.15) is 17.9 Å². The Morgan fingerprint density at radius 3 is 2.30 bits per heavy atom. The largest absolute Gasteiger partial charge is 0.489 e. The Bertz CT molecular complexity index is 1110. The van der Waals surface area contributed by atoms with E-state index in [1.165, 1.54) is 6.42 Å². The lowest BCUT2D eigenvalue weighted by Crippen LogP contribution is -2.45. The number of rotatable bonds is 5. The lowest BCUT2D eigenvalue weighted by Gasteiger charge is -2.35. The molecule has 2 aromatic carbocycles. The van der Waals surface area contributed by atoms with Gasteiger partial charge in [-0.25, -0.2) is 0 Å². The molecule has 33 heavy (non-hydrogen) atoms. The van der Waals surface area contributed by atoms with Crippen LogP contribution in [0.15, 0.2) is 59.0 Å². The van der Waals surface area contributed by atoms with Crippen LogP contribution in [-0.2, 0) is 11.4 Å². The minimum absolute atomic E-state index is 0.0173. The van der Waals surface area contributed by atoms with Gasteiger partial charge < -0.3 is 19.0 Å². The molecule has 5 rings (SSSR count). The number of nitrogens with zero attached hydrogens (tertiary/aromatic N) is 2. The summed E-state index contributed by atoms with van der Waals surface area (Å²) in [5.41, 5.74) is 1.45. The first-order valence-corrected chi connectivity index (χ1v) is 12.0. The van der Waals surface area contributed by atoms with E-state index in [4.69, 9.17) is 9.15 Å². The van der Waals surface area contributed by atoms with Crippen molar-refractivity contribution < 1.29 is 18.7 Å². The first-order chi connectivity index (χ1) is 16.2. The maximum absolute atomic E-state index is 13.5. The Hall–Kier alpha value is -3.28. The molecule has 0 spiro atoms. The highest BCUT2D eigenvalue weighted by Gasteiger charge is 2.33. The van der Waals surface area contributed by atoms with Crippen LogP contribution in [0.25, 0.3) is 11.0 Å². The summed E-state index contributed by atoms with van der Waals surface area (Å²) in [6.07, 6.45) is 4.82. The summed E-state index contributed by atoms with van der Waals surface area (Å²) >= 11 is 0. The normalized spacial score (nSPS) is 17.3. The number of fused-ring (bicyclic) bond motifs is 1. The molecule has 2 aliphatic rings. The van der Waals surface area contributed by atoms with Gasteiger partial charge in [0.2, 0.25) is 5.91 Å². The van der Waals surface area contributed by atoms with Crippen molar-refractivity contribution in [2.75, 3.05) is 26.2 Å². The van der Waals surface area contributed by atoms with Gasteiger partial charge in [-0.2, -0.15) is 0 Å². The third kappa shape index (κ3) is 4.61. The van der Waals surface area contributed by atoms with Gasteiger partial charge in [0.05, 0.1) is 0 Å². The van der Waals surface area contributed by atoms with Gasteiger partial charge in [-0.1, -0.05) is 36.4 Å². The summed E-state index contributed by atoms with van der Waals surface area (Å²) in [4.78, 5) is 30.2. The molecule has 6 heteroatoms. The molecule has 0 unspecified atom stereocenters. The summed E-state index contributed by atoms with van der Waals surface area (Å²) in [5, 5.41) is 0.895. The van der Waals surface area contributed by atoms with Gasteiger partial charge in [0.25, 0.3) is 5.91 Å². The number of hydrogen-bond donors (Lipinski definition) is 0. The molecule has 0 saturated carbocycles. The molecule has 0 atom stereocenters. The van der Waals surface area contributed by atoms with Crippen molar-refractivity contribution in [3.8, 4) is 5.75 Å². The fourth-order valence-corrected chi connectivity index (χ4v) is 4.93. The first kappa shape index (κ1) is 21.6. The number of hydrogen-bond acceptors (Lipinski definition) is 4. The highest BCUT2D eigenvalue weighted by Crippen LogP contribution is 2.30. The lowest BCUT2D eigenvalue weighted by atomic mass is 9.94. The third-order valence-corrected chi connectivity index (χ3v) is 6.82. The fraction of sp³-hybridized carbons (Fsp3) is 0.407. The summed E-state index contributed by atoms with van der Waals surface area (Å²) in [7, 11) is 0. The average molecular weight is 447 g/mol. The molecule has 3 aromatic rings. The number of amides is 2. The molecule has 2 fully saturated rings. The van der Waals surface area contributed by atoms with E-state index in [0.29, 0.717) is 37.3 Å². The Morgan fingerprint density at radius 2 is 1.55 bits per heavy atom. The molecule has 3 heterocycles. The van der Waals surface area contributed by atoms with Gasteiger partial charge in [-0.05, 0) is 50.3 Å². The Kier molecular flexibility index (Phi) is 6.33. The molecule has 2 amide bonds. The van der Waals surface area contributed by atoms with E-state index in [1.807, 2.05) is 64.4 Å². The Balaban J connectivity index is 1.30. The molecule has 0 aliphatic carbocycles. The van der Waals surface area contributed by atoms with Crippen molar-refractivity contribution in [2.24, 2.45) is 5.92 Å². The van der Waals surface area contributed by atoms with E-state index in [9.17, 15) is 9.59 Å². The van der Waals surface area contributed by atoms with Crippen LogP contribution in [0.1, 0.15) is 48.2 Å². The second-order valence-corrected chi connectivity index (χ2v) is 8.96. The fourth-order valence-electron chi connectivity index (χ4n) is 4.93. The summed E-state index contributed by atoms with van der Waals surface area (Å²) < 4.78 is 12.0. The molecular weight excluding hydrogens is 416 g/mol. The Labute approximate surface area is 194 Å². The van der Waals surface area contributed by atoms with Crippen molar-refractivity contribution in [3.63, 3.8) is 0 Å². The van der Waals surface area contributed by atoms with Crippen molar-refractivity contribution in [2.45, 2.75) is 38.7 Å². The molecule has 2 aliphatic heterocycles. The van der Waals surface area contributed by atoms with Crippen LogP contribution < -0.4 is 4.74 Å². The molecule has 172 valence electrons. The van der Waals surface area contributed by atoms with Crippen LogP contribution >= 0.6 is 0 Å². The highest BCUT2D eigenvalue weighted by atomic mass is 16.5. The van der Waals surface area contributed by atoms with Crippen molar-refractivity contribution in [3.05, 3.63) is 65.9 Å². The predicted octanol–water partition coefficient (Wildman–Crippen LogP) is 4.88. The number of para-hydroxylation sites is 2. The van der Waals surface area contributed by atoms with Gasteiger partial charge in [0.15, 0.2) is 5.76 Å². The average Bonchev–Trinajstić information content (AvgIpc) is 3.26.